The van der Waals surface area contributed by atoms with Gasteiger partial charge in [-0.05, 0) is 37.0 Å². The molecule has 1 aromatic rings. The van der Waals surface area contributed by atoms with Crippen LogP contribution in [0.2, 0.25) is 0 Å². The Morgan fingerprint density at radius 2 is 2.14 bits per heavy atom. The number of nitrogens with zero attached hydrogens (tertiary/aromatic N) is 1. The van der Waals surface area contributed by atoms with E-state index < -0.39 is 0 Å². The Hall–Kier alpha value is -1.46. The molecule has 4 nitrogen and oxygen atoms in total. The maximum Gasteiger partial charge on any atom is 0.187 e. The zero-order chi connectivity index (χ0) is 14.9. The van der Waals surface area contributed by atoms with Crippen LogP contribution in [-0.2, 0) is 4.74 Å². The lowest BCUT2D eigenvalue weighted by Gasteiger charge is -2.24. The van der Waals surface area contributed by atoms with Gasteiger partial charge in [-0.15, -0.1) is 0 Å². The van der Waals surface area contributed by atoms with Gasteiger partial charge in [0, 0.05) is 25.3 Å². The molecule has 1 aliphatic rings. The Morgan fingerprint density at radius 1 is 1.33 bits per heavy atom. The minimum absolute atomic E-state index is 0.411. The summed E-state index contributed by atoms with van der Waals surface area (Å²) in [5.74, 6) is 0.411. The highest BCUT2D eigenvalue weighted by Gasteiger charge is 2.22. The third kappa shape index (κ3) is 5.10. The number of rotatable bonds is 5. The predicted octanol–water partition coefficient (Wildman–Crippen LogP) is 2.81. The largest absolute Gasteiger partial charge is 0.383 e. The molecular weight excluding hydrogens is 282 g/mol. The summed E-state index contributed by atoms with van der Waals surface area (Å²) in [5, 5.41) is 8.16. The number of hydrogen-bond acceptors (Lipinski definition) is 3. The van der Waals surface area contributed by atoms with Crippen LogP contribution in [0.3, 0.4) is 0 Å². The molecule has 21 heavy (non-hydrogen) atoms. The van der Waals surface area contributed by atoms with Gasteiger partial charge in [0.15, 0.2) is 5.11 Å². The summed E-state index contributed by atoms with van der Waals surface area (Å²) >= 11 is 5.21. The molecule has 0 radical (unpaired) electrons. The van der Waals surface area contributed by atoms with Crippen molar-refractivity contribution in [3.8, 4) is 0 Å². The molecule has 2 rings (SSSR count). The first-order chi connectivity index (χ1) is 10.3. The second kappa shape index (κ2) is 8.74. The van der Waals surface area contributed by atoms with Crippen LogP contribution in [0.5, 0.6) is 0 Å². The van der Waals surface area contributed by atoms with Gasteiger partial charge in [-0.25, -0.2) is 0 Å². The molecule has 0 aliphatic heterocycles. The van der Waals surface area contributed by atoms with Gasteiger partial charge in [-0.2, -0.15) is 5.10 Å². The summed E-state index contributed by atoms with van der Waals surface area (Å²) in [6, 6.07) is 10.6. The van der Waals surface area contributed by atoms with Gasteiger partial charge >= 0.3 is 0 Å². The van der Waals surface area contributed by atoms with Crippen LogP contribution in [0.4, 0.5) is 0 Å². The Morgan fingerprint density at radius 3 is 2.90 bits per heavy atom. The number of thiocarbonyl (C=S) groups is 1. The molecule has 0 saturated heterocycles. The number of methoxy groups -OCH3 is 1. The third-order valence-electron chi connectivity index (χ3n) is 3.67. The number of nitrogens with one attached hydrogen (secondary N) is 2. The number of hydrazone groups is 1. The van der Waals surface area contributed by atoms with Crippen molar-refractivity contribution in [1.29, 1.82) is 0 Å². The van der Waals surface area contributed by atoms with Crippen LogP contribution in [0.1, 0.15) is 37.2 Å². The molecule has 0 unspecified atom stereocenters. The first-order valence-corrected chi connectivity index (χ1v) is 7.86. The van der Waals surface area contributed by atoms with E-state index in [1.807, 2.05) is 0 Å². The lowest BCUT2D eigenvalue weighted by Crippen LogP contribution is -2.35. The number of hydrogen-bond donors (Lipinski definition) is 2. The highest BCUT2D eigenvalue weighted by molar-refractivity contribution is 7.80. The van der Waals surface area contributed by atoms with Crippen molar-refractivity contribution < 1.29 is 4.74 Å². The average Bonchev–Trinajstić information content (AvgIpc) is 2.54. The molecule has 1 fully saturated rings. The van der Waals surface area contributed by atoms with Crippen LogP contribution in [0.25, 0.3) is 0 Å². The maximum atomic E-state index is 5.21. The monoisotopic (exact) mass is 305 g/mol. The lowest BCUT2D eigenvalue weighted by atomic mass is 9.82. The molecular formula is C16H23N3OS. The van der Waals surface area contributed by atoms with Crippen molar-refractivity contribution in [3.05, 3.63) is 35.9 Å². The molecule has 1 atom stereocenters. The molecule has 0 bridgehead atoms. The third-order valence-corrected chi connectivity index (χ3v) is 3.91. The van der Waals surface area contributed by atoms with E-state index in [4.69, 9.17) is 17.0 Å². The van der Waals surface area contributed by atoms with Crippen LogP contribution in [0, 0.1) is 0 Å². The summed E-state index contributed by atoms with van der Waals surface area (Å²) in [6.07, 6.45) is 4.66. The topological polar surface area (TPSA) is 45.6 Å². The van der Waals surface area contributed by atoms with Gasteiger partial charge in [-0.1, -0.05) is 36.8 Å². The standard InChI is InChI=1S/C16H23N3OS/c1-20-12-11-17-16(21)19-18-15-10-6-5-9-14(15)13-7-3-2-4-8-13/h2-4,7-8,14H,5-6,9-12H2,1H3,(H2,17,19,21)/b18-15-/t14-/m0/s1. The number of benzene rings is 1. The fraction of sp³-hybridized carbons (Fsp3) is 0.500. The van der Waals surface area contributed by atoms with Gasteiger partial charge in [0.05, 0.1) is 6.61 Å². The van der Waals surface area contributed by atoms with E-state index in [-0.39, 0.29) is 0 Å². The van der Waals surface area contributed by atoms with Crippen LogP contribution < -0.4 is 10.7 Å². The first kappa shape index (κ1) is 15.9. The van der Waals surface area contributed by atoms with Crippen molar-refractivity contribution in [3.63, 3.8) is 0 Å². The summed E-state index contributed by atoms with van der Waals surface area (Å²) in [5.41, 5.74) is 5.50. The molecule has 0 heterocycles. The Kier molecular flexibility index (Phi) is 6.63. The summed E-state index contributed by atoms with van der Waals surface area (Å²) in [4.78, 5) is 0. The summed E-state index contributed by atoms with van der Waals surface area (Å²) in [7, 11) is 1.67. The first-order valence-electron chi connectivity index (χ1n) is 7.45. The zero-order valence-corrected chi connectivity index (χ0v) is 13.3. The van der Waals surface area contributed by atoms with E-state index in [0.717, 1.165) is 12.8 Å². The Labute approximate surface area is 132 Å². The van der Waals surface area contributed by atoms with Crippen molar-refractivity contribution in [2.24, 2.45) is 5.10 Å². The van der Waals surface area contributed by atoms with Gasteiger partial charge in [0.2, 0.25) is 0 Å². The normalized spacial score (nSPS) is 20.2. The minimum Gasteiger partial charge on any atom is -0.383 e. The fourth-order valence-corrected chi connectivity index (χ4v) is 2.75. The van der Waals surface area contributed by atoms with Crippen molar-refractivity contribution in [2.45, 2.75) is 31.6 Å². The fourth-order valence-electron chi connectivity index (χ4n) is 2.60. The molecule has 1 aromatic carbocycles. The van der Waals surface area contributed by atoms with Gasteiger partial charge in [0.1, 0.15) is 0 Å². The van der Waals surface area contributed by atoms with Crippen molar-refractivity contribution in [1.82, 2.24) is 10.7 Å². The van der Waals surface area contributed by atoms with Crippen molar-refractivity contribution in [2.75, 3.05) is 20.3 Å². The van der Waals surface area contributed by atoms with E-state index >= 15 is 0 Å². The van der Waals surface area contributed by atoms with E-state index in [1.54, 1.807) is 7.11 Å². The highest BCUT2D eigenvalue weighted by Crippen LogP contribution is 2.30. The number of ether oxygens (including phenoxy) is 1. The van der Waals surface area contributed by atoms with Crippen molar-refractivity contribution >= 4 is 23.0 Å². The lowest BCUT2D eigenvalue weighted by molar-refractivity contribution is 0.204. The minimum atomic E-state index is 0.411. The summed E-state index contributed by atoms with van der Waals surface area (Å²) in [6.45, 7) is 1.32. The van der Waals surface area contributed by atoms with E-state index in [0.29, 0.717) is 24.2 Å². The molecule has 5 heteroatoms. The molecule has 114 valence electrons. The molecule has 0 amide bonds. The smallest absolute Gasteiger partial charge is 0.187 e. The SMILES string of the molecule is COCCNC(=S)N/N=C1/CCCC[C@H]1c1ccccc1. The molecule has 1 aliphatic carbocycles. The van der Waals surface area contributed by atoms with Crippen LogP contribution in [0.15, 0.2) is 35.4 Å². The van der Waals surface area contributed by atoms with E-state index in [9.17, 15) is 0 Å². The van der Waals surface area contributed by atoms with Gasteiger partial charge < -0.3 is 10.1 Å². The average molecular weight is 305 g/mol. The Balaban J connectivity index is 1.95. The molecule has 1 saturated carbocycles. The zero-order valence-electron chi connectivity index (χ0n) is 12.5. The molecule has 2 N–H and O–H groups in total. The molecule has 0 spiro atoms. The quantitative estimate of drug-likeness (QED) is 0.499. The predicted molar refractivity (Wildman–Crippen MR) is 90.7 cm³/mol. The van der Waals surface area contributed by atoms with Crippen LogP contribution in [-0.4, -0.2) is 31.1 Å². The van der Waals surface area contributed by atoms with Gasteiger partial charge in [0.25, 0.3) is 0 Å². The second-order valence-corrected chi connectivity index (χ2v) is 5.58. The Bertz CT molecular complexity index is 476. The van der Waals surface area contributed by atoms with E-state index in [2.05, 4.69) is 46.2 Å². The second-order valence-electron chi connectivity index (χ2n) is 5.17. The summed E-state index contributed by atoms with van der Waals surface area (Å²) < 4.78 is 4.98. The van der Waals surface area contributed by atoms with Gasteiger partial charge in [-0.3, -0.25) is 5.43 Å². The maximum absolute atomic E-state index is 5.21. The van der Waals surface area contributed by atoms with E-state index in [1.165, 1.54) is 24.1 Å². The highest BCUT2D eigenvalue weighted by atomic mass is 32.1. The molecule has 0 aromatic heterocycles. The van der Waals surface area contributed by atoms with Crippen LogP contribution >= 0.6 is 12.2 Å².